The SMILES string of the molecule is CC(C)(C)c1cc(NI)n(-c2ccccc2)n1. The van der Waals surface area contributed by atoms with Crippen LogP contribution in [0.15, 0.2) is 36.4 Å². The van der Waals surface area contributed by atoms with Crippen molar-refractivity contribution >= 4 is 28.7 Å². The molecule has 3 nitrogen and oxygen atoms in total. The number of halogens is 1. The second kappa shape index (κ2) is 4.68. The van der Waals surface area contributed by atoms with Crippen molar-refractivity contribution in [2.24, 2.45) is 0 Å². The van der Waals surface area contributed by atoms with E-state index in [1.165, 1.54) is 0 Å². The summed E-state index contributed by atoms with van der Waals surface area (Å²) in [6.45, 7) is 6.50. The Labute approximate surface area is 116 Å². The predicted octanol–water partition coefficient (Wildman–Crippen LogP) is 3.93. The molecule has 1 N–H and O–H groups in total. The van der Waals surface area contributed by atoms with Gasteiger partial charge in [-0.2, -0.15) is 5.10 Å². The van der Waals surface area contributed by atoms with Crippen LogP contribution in [0.1, 0.15) is 26.5 Å². The first-order chi connectivity index (χ1) is 8.02. The van der Waals surface area contributed by atoms with Crippen molar-refractivity contribution in [3.05, 3.63) is 42.1 Å². The van der Waals surface area contributed by atoms with Crippen LogP contribution in [-0.4, -0.2) is 9.78 Å². The lowest BCUT2D eigenvalue weighted by molar-refractivity contribution is 0.560. The van der Waals surface area contributed by atoms with Crippen molar-refractivity contribution in [2.45, 2.75) is 26.2 Å². The molecule has 0 aliphatic carbocycles. The lowest BCUT2D eigenvalue weighted by atomic mass is 9.92. The quantitative estimate of drug-likeness (QED) is 0.663. The number of para-hydroxylation sites is 1. The molecule has 4 heteroatoms. The lowest BCUT2D eigenvalue weighted by Crippen LogP contribution is -2.12. The highest BCUT2D eigenvalue weighted by atomic mass is 127. The molecule has 90 valence electrons. The van der Waals surface area contributed by atoms with Crippen molar-refractivity contribution < 1.29 is 0 Å². The molecular weight excluding hydrogens is 325 g/mol. The van der Waals surface area contributed by atoms with E-state index in [0.29, 0.717) is 0 Å². The van der Waals surface area contributed by atoms with E-state index in [9.17, 15) is 0 Å². The van der Waals surface area contributed by atoms with Crippen LogP contribution < -0.4 is 3.53 Å². The third kappa shape index (κ3) is 2.62. The number of rotatable bonds is 2. The summed E-state index contributed by atoms with van der Waals surface area (Å²) in [6, 6.07) is 12.2. The van der Waals surface area contributed by atoms with Gasteiger partial charge in [-0.05, 0) is 12.1 Å². The van der Waals surface area contributed by atoms with Gasteiger partial charge in [-0.15, -0.1) is 0 Å². The first-order valence-corrected chi connectivity index (χ1v) is 6.63. The fourth-order valence-corrected chi connectivity index (χ4v) is 1.97. The molecule has 0 amide bonds. The third-order valence-corrected chi connectivity index (χ3v) is 3.13. The van der Waals surface area contributed by atoms with Gasteiger partial charge in [0, 0.05) is 11.5 Å². The third-order valence-electron chi connectivity index (χ3n) is 2.58. The van der Waals surface area contributed by atoms with E-state index in [4.69, 9.17) is 0 Å². The smallest absolute Gasteiger partial charge is 0.138 e. The Morgan fingerprint density at radius 2 is 1.82 bits per heavy atom. The zero-order valence-electron chi connectivity index (χ0n) is 10.2. The Hall–Kier alpha value is -1.04. The first-order valence-electron chi connectivity index (χ1n) is 5.55. The van der Waals surface area contributed by atoms with Gasteiger partial charge in [0.1, 0.15) is 5.82 Å². The number of hydrogen-bond acceptors (Lipinski definition) is 2. The van der Waals surface area contributed by atoms with E-state index in [2.05, 4.69) is 70.5 Å². The molecular formula is C13H16IN3. The molecule has 0 bridgehead atoms. The maximum absolute atomic E-state index is 4.67. The Morgan fingerprint density at radius 1 is 1.18 bits per heavy atom. The van der Waals surface area contributed by atoms with Gasteiger partial charge in [-0.1, -0.05) is 39.0 Å². The van der Waals surface area contributed by atoms with Crippen LogP contribution >= 0.6 is 22.9 Å². The fraction of sp³-hybridized carbons (Fsp3) is 0.308. The highest BCUT2D eigenvalue weighted by Gasteiger charge is 2.20. The lowest BCUT2D eigenvalue weighted by Gasteiger charge is -2.14. The summed E-state index contributed by atoms with van der Waals surface area (Å²) < 4.78 is 5.09. The maximum atomic E-state index is 4.67. The molecule has 0 saturated heterocycles. The second-order valence-corrected chi connectivity index (χ2v) is 5.55. The van der Waals surface area contributed by atoms with Gasteiger partial charge >= 0.3 is 0 Å². The summed E-state index contributed by atoms with van der Waals surface area (Å²) in [4.78, 5) is 0. The standard InChI is InChI=1S/C13H16IN3/c1-13(2,3)11-9-12(15-14)17(16-11)10-7-5-4-6-8-10/h4-9,15H,1-3H3. The molecule has 0 unspecified atom stereocenters. The van der Waals surface area contributed by atoms with Gasteiger partial charge in [0.25, 0.3) is 0 Å². The molecule has 2 rings (SSSR count). The number of benzene rings is 1. The Morgan fingerprint density at radius 3 is 2.35 bits per heavy atom. The molecule has 0 saturated carbocycles. The van der Waals surface area contributed by atoms with E-state index >= 15 is 0 Å². The molecule has 1 aromatic heterocycles. The minimum Gasteiger partial charge on any atom is -0.313 e. The van der Waals surface area contributed by atoms with E-state index in [-0.39, 0.29) is 5.41 Å². The molecule has 0 spiro atoms. The number of nitrogens with one attached hydrogen (secondary N) is 1. The van der Waals surface area contributed by atoms with Crippen molar-refractivity contribution in [3.8, 4) is 5.69 Å². The van der Waals surface area contributed by atoms with Gasteiger partial charge in [0.15, 0.2) is 0 Å². The molecule has 0 radical (unpaired) electrons. The van der Waals surface area contributed by atoms with Gasteiger partial charge in [0.05, 0.1) is 34.2 Å². The van der Waals surface area contributed by atoms with E-state index in [0.717, 1.165) is 17.2 Å². The summed E-state index contributed by atoms with van der Waals surface area (Å²) in [5.41, 5.74) is 2.21. The van der Waals surface area contributed by atoms with E-state index in [1.54, 1.807) is 0 Å². The molecule has 0 atom stereocenters. The molecule has 0 aliphatic rings. The molecule has 17 heavy (non-hydrogen) atoms. The number of nitrogens with zero attached hydrogens (tertiary/aromatic N) is 2. The number of hydrogen-bond donors (Lipinski definition) is 1. The van der Waals surface area contributed by atoms with Crippen LogP contribution in [0.4, 0.5) is 5.82 Å². The second-order valence-electron chi connectivity index (χ2n) is 5.01. The average molecular weight is 341 g/mol. The molecule has 2 aromatic rings. The summed E-state index contributed by atoms with van der Waals surface area (Å²) in [5, 5.41) is 4.67. The van der Waals surface area contributed by atoms with Crippen molar-refractivity contribution in [2.75, 3.05) is 3.53 Å². The molecule has 1 heterocycles. The van der Waals surface area contributed by atoms with Crippen molar-refractivity contribution in [3.63, 3.8) is 0 Å². The normalized spacial score (nSPS) is 11.5. The zero-order valence-corrected chi connectivity index (χ0v) is 12.4. The van der Waals surface area contributed by atoms with Gasteiger partial charge < -0.3 is 3.53 Å². The Kier molecular flexibility index (Phi) is 3.42. The van der Waals surface area contributed by atoms with E-state index in [1.807, 2.05) is 22.9 Å². The fourth-order valence-electron chi connectivity index (χ4n) is 1.58. The summed E-state index contributed by atoms with van der Waals surface area (Å²) in [7, 11) is 0. The Balaban J connectivity index is 2.51. The van der Waals surface area contributed by atoms with Crippen molar-refractivity contribution in [1.82, 2.24) is 9.78 Å². The van der Waals surface area contributed by atoms with Crippen LogP contribution in [0.2, 0.25) is 0 Å². The number of anilines is 1. The summed E-state index contributed by atoms with van der Waals surface area (Å²) >= 11 is 2.14. The largest absolute Gasteiger partial charge is 0.313 e. The first kappa shape index (κ1) is 12.4. The zero-order chi connectivity index (χ0) is 12.5. The molecule has 1 aromatic carbocycles. The van der Waals surface area contributed by atoms with Crippen molar-refractivity contribution in [1.29, 1.82) is 0 Å². The molecule has 0 fully saturated rings. The van der Waals surface area contributed by atoms with Crippen LogP contribution in [0.25, 0.3) is 5.69 Å². The van der Waals surface area contributed by atoms with Crippen LogP contribution in [0.3, 0.4) is 0 Å². The molecule has 0 aliphatic heterocycles. The predicted molar refractivity (Wildman–Crippen MR) is 79.9 cm³/mol. The highest BCUT2D eigenvalue weighted by molar-refractivity contribution is 14.1. The summed E-state index contributed by atoms with van der Waals surface area (Å²) in [5.74, 6) is 1.00. The monoisotopic (exact) mass is 341 g/mol. The Bertz CT molecular complexity index is 497. The topological polar surface area (TPSA) is 29.9 Å². The van der Waals surface area contributed by atoms with Gasteiger partial charge in [0.2, 0.25) is 0 Å². The van der Waals surface area contributed by atoms with Gasteiger partial charge in [-0.3, -0.25) is 0 Å². The minimum atomic E-state index is 0.0578. The summed E-state index contributed by atoms with van der Waals surface area (Å²) in [6.07, 6.45) is 0. The van der Waals surface area contributed by atoms with Crippen LogP contribution in [0.5, 0.6) is 0 Å². The van der Waals surface area contributed by atoms with Gasteiger partial charge in [-0.25, -0.2) is 4.68 Å². The number of aromatic nitrogens is 2. The maximum Gasteiger partial charge on any atom is 0.138 e. The highest BCUT2D eigenvalue weighted by Crippen LogP contribution is 2.26. The minimum absolute atomic E-state index is 0.0578. The van der Waals surface area contributed by atoms with E-state index < -0.39 is 0 Å². The average Bonchev–Trinajstić information content (AvgIpc) is 2.73. The van der Waals surface area contributed by atoms with Crippen LogP contribution in [0, 0.1) is 0 Å². The van der Waals surface area contributed by atoms with Crippen LogP contribution in [-0.2, 0) is 5.41 Å².